The lowest BCUT2D eigenvalue weighted by molar-refractivity contribution is 0.0828. The van der Waals surface area contributed by atoms with E-state index in [0.29, 0.717) is 11.3 Å². The third kappa shape index (κ3) is 2.90. The van der Waals surface area contributed by atoms with Crippen LogP contribution in [0.25, 0.3) is 0 Å². The molecule has 1 amide bonds. The highest BCUT2D eigenvalue weighted by Gasteiger charge is 2.16. The second-order valence-electron chi connectivity index (χ2n) is 4.15. The van der Waals surface area contributed by atoms with E-state index in [1.54, 1.807) is 31.1 Å². The zero-order valence-corrected chi connectivity index (χ0v) is 11.0. The number of nitrogens with zero attached hydrogens (tertiary/aromatic N) is 2. The maximum Gasteiger partial charge on any atom is 0.255 e. The van der Waals surface area contributed by atoms with Crippen molar-refractivity contribution in [3.63, 3.8) is 0 Å². The van der Waals surface area contributed by atoms with Gasteiger partial charge in [-0.05, 0) is 32.0 Å². The Morgan fingerprint density at radius 1 is 1.24 bits per heavy atom. The van der Waals surface area contributed by atoms with Gasteiger partial charge < -0.3 is 15.5 Å². The van der Waals surface area contributed by atoms with Crippen LogP contribution in [0.1, 0.15) is 24.2 Å². The summed E-state index contributed by atoms with van der Waals surface area (Å²) in [5.74, 6) is 0.00639. The number of anilines is 2. The van der Waals surface area contributed by atoms with Crippen LogP contribution in [0.5, 0.6) is 0 Å². The van der Waals surface area contributed by atoms with Crippen LogP contribution in [0, 0.1) is 0 Å². The second-order valence-corrected chi connectivity index (χ2v) is 4.15. The quantitative estimate of drug-likeness (QED) is 0.810. The summed E-state index contributed by atoms with van der Waals surface area (Å²) < 4.78 is 0. The molecule has 1 aromatic carbocycles. The molecule has 0 unspecified atom stereocenters. The van der Waals surface area contributed by atoms with Gasteiger partial charge in [0.2, 0.25) is 0 Å². The first kappa shape index (κ1) is 13.4. The minimum atomic E-state index is 0.00639. The van der Waals surface area contributed by atoms with Crippen molar-refractivity contribution < 1.29 is 4.79 Å². The first-order valence-electron chi connectivity index (χ1n) is 5.87. The molecule has 0 heterocycles. The molecule has 0 atom stereocenters. The van der Waals surface area contributed by atoms with E-state index in [2.05, 4.69) is 18.7 Å². The average molecular weight is 235 g/mol. The molecule has 0 aliphatic heterocycles. The van der Waals surface area contributed by atoms with Crippen LogP contribution in [0.2, 0.25) is 0 Å². The summed E-state index contributed by atoms with van der Waals surface area (Å²) in [6, 6.07) is 5.43. The Morgan fingerprint density at radius 3 is 2.29 bits per heavy atom. The van der Waals surface area contributed by atoms with Gasteiger partial charge in [-0.25, -0.2) is 0 Å². The number of hydrogen-bond acceptors (Lipinski definition) is 3. The molecule has 1 rings (SSSR count). The van der Waals surface area contributed by atoms with Gasteiger partial charge in [-0.15, -0.1) is 0 Å². The molecule has 94 valence electrons. The van der Waals surface area contributed by atoms with E-state index in [-0.39, 0.29) is 5.91 Å². The van der Waals surface area contributed by atoms with Crippen molar-refractivity contribution >= 4 is 17.3 Å². The van der Waals surface area contributed by atoms with Gasteiger partial charge in [-0.3, -0.25) is 4.79 Å². The smallest absolute Gasteiger partial charge is 0.255 e. The number of rotatable bonds is 4. The summed E-state index contributed by atoms with van der Waals surface area (Å²) in [7, 11) is 3.51. The summed E-state index contributed by atoms with van der Waals surface area (Å²) in [6.45, 7) is 5.84. The van der Waals surface area contributed by atoms with Crippen LogP contribution in [0.3, 0.4) is 0 Å². The van der Waals surface area contributed by atoms with Gasteiger partial charge in [0.1, 0.15) is 0 Å². The first-order valence-corrected chi connectivity index (χ1v) is 5.87. The maximum absolute atomic E-state index is 12.1. The van der Waals surface area contributed by atoms with E-state index in [4.69, 9.17) is 5.73 Å². The van der Waals surface area contributed by atoms with Gasteiger partial charge in [0.05, 0.1) is 11.3 Å². The fourth-order valence-corrected chi connectivity index (χ4v) is 1.80. The second kappa shape index (κ2) is 5.57. The fraction of sp³-hybridized carbons (Fsp3) is 0.462. The maximum atomic E-state index is 12.1. The third-order valence-electron chi connectivity index (χ3n) is 2.76. The van der Waals surface area contributed by atoms with E-state index in [1.165, 1.54) is 0 Å². The normalized spacial score (nSPS) is 10.1. The summed E-state index contributed by atoms with van der Waals surface area (Å²) in [4.78, 5) is 15.8. The van der Waals surface area contributed by atoms with Crippen molar-refractivity contribution in [2.45, 2.75) is 13.8 Å². The minimum absolute atomic E-state index is 0.00639. The molecule has 0 aliphatic carbocycles. The first-order chi connectivity index (χ1) is 8.01. The van der Waals surface area contributed by atoms with E-state index < -0.39 is 0 Å². The van der Waals surface area contributed by atoms with Crippen LogP contribution in [0.4, 0.5) is 11.4 Å². The highest BCUT2D eigenvalue weighted by Crippen LogP contribution is 2.24. The number of carbonyl (C=O) groups excluding carboxylic acids is 1. The lowest BCUT2D eigenvalue weighted by atomic mass is 10.1. The van der Waals surface area contributed by atoms with E-state index in [1.807, 2.05) is 6.07 Å². The van der Waals surface area contributed by atoms with Crippen LogP contribution in [-0.4, -0.2) is 38.0 Å². The Hall–Kier alpha value is -1.71. The Labute approximate surface area is 103 Å². The molecule has 0 radical (unpaired) electrons. The average Bonchev–Trinajstić information content (AvgIpc) is 2.30. The van der Waals surface area contributed by atoms with Crippen LogP contribution in [0.15, 0.2) is 18.2 Å². The molecular weight excluding hydrogens is 214 g/mol. The Balaban J connectivity index is 3.25. The van der Waals surface area contributed by atoms with Gasteiger partial charge in [0, 0.05) is 32.9 Å². The third-order valence-corrected chi connectivity index (χ3v) is 2.76. The number of hydrogen-bond donors (Lipinski definition) is 1. The van der Waals surface area contributed by atoms with Gasteiger partial charge in [-0.2, -0.15) is 0 Å². The Morgan fingerprint density at radius 2 is 1.82 bits per heavy atom. The Bertz CT molecular complexity index is 398. The molecule has 1 aromatic rings. The van der Waals surface area contributed by atoms with Crippen molar-refractivity contribution in [2.24, 2.45) is 0 Å². The molecule has 0 saturated heterocycles. The molecule has 4 nitrogen and oxygen atoms in total. The van der Waals surface area contributed by atoms with Crippen molar-refractivity contribution in [2.75, 3.05) is 37.8 Å². The van der Waals surface area contributed by atoms with Gasteiger partial charge in [0.15, 0.2) is 0 Å². The molecule has 0 saturated carbocycles. The summed E-state index contributed by atoms with van der Waals surface area (Å²) in [5.41, 5.74) is 8.09. The van der Waals surface area contributed by atoms with Gasteiger partial charge in [0.25, 0.3) is 5.91 Å². The summed E-state index contributed by atoms with van der Waals surface area (Å²) in [5, 5.41) is 0. The topological polar surface area (TPSA) is 49.6 Å². The monoisotopic (exact) mass is 235 g/mol. The number of amides is 1. The molecule has 0 aliphatic rings. The number of carbonyl (C=O) groups is 1. The lowest BCUT2D eigenvalue weighted by Crippen LogP contribution is -2.28. The lowest BCUT2D eigenvalue weighted by Gasteiger charge is -2.25. The van der Waals surface area contributed by atoms with Crippen molar-refractivity contribution in [3.05, 3.63) is 23.8 Å². The van der Waals surface area contributed by atoms with Crippen molar-refractivity contribution in [1.29, 1.82) is 0 Å². The zero-order valence-electron chi connectivity index (χ0n) is 11.0. The molecule has 0 fully saturated rings. The zero-order chi connectivity index (χ0) is 13.0. The van der Waals surface area contributed by atoms with Gasteiger partial charge in [-0.1, -0.05) is 0 Å². The van der Waals surface area contributed by atoms with Crippen LogP contribution < -0.4 is 10.6 Å². The van der Waals surface area contributed by atoms with E-state index >= 15 is 0 Å². The number of nitrogens with two attached hydrogens (primary N) is 1. The molecular formula is C13H21N3O. The summed E-state index contributed by atoms with van der Waals surface area (Å²) in [6.07, 6.45) is 0. The molecule has 0 bridgehead atoms. The van der Waals surface area contributed by atoms with E-state index in [0.717, 1.165) is 18.8 Å². The molecule has 0 spiro atoms. The Kier molecular flexibility index (Phi) is 4.37. The highest BCUT2D eigenvalue weighted by molar-refractivity contribution is 6.00. The highest BCUT2D eigenvalue weighted by atomic mass is 16.2. The van der Waals surface area contributed by atoms with Crippen molar-refractivity contribution in [3.8, 4) is 0 Å². The number of benzene rings is 1. The fourth-order valence-electron chi connectivity index (χ4n) is 1.80. The molecule has 0 aromatic heterocycles. The van der Waals surface area contributed by atoms with Crippen molar-refractivity contribution in [1.82, 2.24) is 4.90 Å². The predicted octanol–water partition coefficient (Wildman–Crippen LogP) is 1.82. The standard InChI is InChI=1S/C13H21N3O/c1-5-16(6-2)12-9-10(14)7-8-11(12)13(17)15(3)4/h7-9H,5-6,14H2,1-4H3. The number of nitrogen functional groups attached to an aromatic ring is 1. The predicted molar refractivity (Wildman–Crippen MR) is 72.4 cm³/mol. The molecule has 2 N–H and O–H groups in total. The SMILES string of the molecule is CCN(CC)c1cc(N)ccc1C(=O)N(C)C. The summed E-state index contributed by atoms with van der Waals surface area (Å²) >= 11 is 0. The minimum Gasteiger partial charge on any atom is -0.399 e. The van der Waals surface area contributed by atoms with Crippen LogP contribution >= 0.6 is 0 Å². The van der Waals surface area contributed by atoms with E-state index in [9.17, 15) is 4.79 Å². The van der Waals surface area contributed by atoms with Gasteiger partial charge >= 0.3 is 0 Å². The molecule has 4 heteroatoms. The molecule has 17 heavy (non-hydrogen) atoms. The largest absolute Gasteiger partial charge is 0.399 e. The van der Waals surface area contributed by atoms with Crippen LogP contribution in [-0.2, 0) is 0 Å².